The summed E-state index contributed by atoms with van der Waals surface area (Å²) in [4.78, 5) is 17.3. The predicted octanol–water partition coefficient (Wildman–Crippen LogP) is 6.83. The number of hydrogen-bond acceptors (Lipinski definition) is 4. The van der Waals surface area contributed by atoms with Crippen LogP contribution in [0.15, 0.2) is 30.5 Å². The van der Waals surface area contributed by atoms with Crippen molar-refractivity contribution in [1.82, 2.24) is 9.47 Å². The quantitative estimate of drug-likeness (QED) is 0.428. The zero-order valence-electron chi connectivity index (χ0n) is 20.0. The zero-order valence-corrected chi connectivity index (χ0v) is 21.6. The number of anilines is 1. The maximum atomic E-state index is 13.9. The van der Waals surface area contributed by atoms with Gasteiger partial charge in [-0.15, -0.1) is 11.3 Å². The third kappa shape index (κ3) is 3.85. The largest absolute Gasteiger partial charge is 0.495 e. The van der Waals surface area contributed by atoms with Gasteiger partial charge in [0.15, 0.2) is 0 Å². The Kier molecular flexibility index (Phi) is 6.25. The number of fused-ring (bicyclic) bond motifs is 5. The van der Waals surface area contributed by atoms with Crippen molar-refractivity contribution in [3.63, 3.8) is 0 Å². The average Bonchev–Trinajstić information content (AvgIpc) is 3.40. The molecule has 0 saturated carbocycles. The fourth-order valence-electron chi connectivity index (χ4n) is 5.27. The second-order valence-electron chi connectivity index (χ2n) is 9.23. The lowest BCUT2D eigenvalue weighted by Gasteiger charge is -2.33. The van der Waals surface area contributed by atoms with E-state index in [1.54, 1.807) is 26.4 Å². The lowest BCUT2D eigenvalue weighted by molar-refractivity contribution is 0.161. The van der Waals surface area contributed by atoms with E-state index in [1.807, 2.05) is 16.2 Å². The number of benzene rings is 1. The van der Waals surface area contributed by atoms with E-state index in [4.69, 9.17) is 21.1 Å². The van der Waals surface area contributed by atoms with E-state index >= 15 is 0 Å². The summed E-state index contributed by atoms with van der Waals surface area (Å²) in [5.41, 5.74) is 4.39. The van der Waals surface area contributed by atoms with Crippen molar-refractivity contribution >= 4 is 34.7 Å². The number of urea groups is 1. The van der Waals surface area contributed by atoms with Crippen LogP contribution in [-0.4, -0.2) is 29.7 Å². The molecule has 1 aromatic carbocycles. The molecule has 0 saturated heterocycles. The molecule has 0 bridgehead atoms. The number of carbonyl (C=O) groups excluding carboxylic acids is 1. The van der Waals surface area contributed by atoms with E-state index in [1.165, 1.54) is 33.8 Å². The molecule has 0 spiro atoms. The van der Waals surface area contributed by atoms with Crippen molar-refractivity contribution in [1.29, 1.82) is 0 Å². The number of methoxy groups -OCH3 is 2. The highest BCUT2D eigenvalue weighted by atomic mass is 35.5. The standard InChI is InChI=1S/C26H30ClN3O3S/c1-15(2)24-20-9-7-11-29(20)25-17(16-8-5-6-10-23(16)34-25)14-30(24)26(31)28-19-12-18(27)21(32-3)13-22(19)33-4/h7,9,11-13,15,24H,5-6,8,10,14H2,1-4H3,(H,28,31). The number of halogens is 1. The average molecular weight is 500 g/mol. The molecule has 6 nitrogen and oxygen atoms in total. The molecule has 1 aliphatic heterocycles. The normalized spacial score (nSPS) is 17.0. The van der Waals surface area contributed by atoms with Gasteiger partial charge in [0.25, 0.3) is 0 Å². The van der Waals surface area contributed by atoms with Gasteiger partial charge in [0.05, 0.1) is 37.5 Å². The molecule has 5 rings (SSSR count). The molecule has 0 fully saturated rings. The van der Waals surface area contributed by atoms with Crippen molar-refractivity contribution < 1.29 is 14.3 Å². The van der Waals surface area contributed by atoms with E-state index in [0.717, 1.165) is 18.5 Å². The fraction of sp³-hybridized carbons (Fsp3) is 0.423. The van der Waals surface area contributed by atoms with Crippen LogP contribution in [0.3, 0.4) is 0 Å². The predicted molar refractivity (Wildman–Crippen MR) is 137 cm³/mol. The van der Waals surface area contributed by atoms with Gasteiger partial charge in [-0.3, -0.25) is 0 Å². The summed E-state index contributed by atoms with van der Waals surface area (Å²) in [5.74, 6) is 1.23. The van der Waals surface area contributed by atoms with Crippen molar-refractivity contribution in [2.24, 2.45) is 5.92 Å². The Bertz CT molecular complexity index is 1230. The second-order valence-corrected chi connectivity index (χ2v) is 10.7. The van der Waals surface area contributed by atoms with Crippen LogP contribution in [0.5, 0.6) is 11.5 Å². The minimum atomic E-state index is -0.172. The van der Waals surface area contributed by atoms with E-state index in [2.05, 4.69) is 42.1 Å². The number of thiophene rings is 1. The van der Waals surface area contributed by atoms with Crippen LogP contribution in [-0.2, 0) is 19.4 Å². The lowest BCUT2D eigenvalue weighted by atomic mass is 9.94. The fourth-order valence-corrected chi connectivity index (χ4v) is 6.91. The van der Waals surface area contributed by atoms with Gasteiger partial charge in [0.1, 0.15) is 16.5 Å². The monoisotopic (exact) mass is 499 g/mol. The molecule has 1 atom stereocenters. The molecule has 1 unspecified atom stereocenters. The zero-order chi connectivity index (χ0) is 24.0. The van der Waals surface area contributed by atoms with Crippen LogP contribution in [0.2, 0.25) is 5.02 Å². The van der Waals surface area contributed by atoms with Crippen LogP contribution in [0.4, 0.5) is 10.5 Å². The molecular formula is C26H30ClN3O3S. The topological polar surface area (TPSA) is 55.7 Å². The van der Waals surface area contributed by atoms with Gasteiger partial charge >= 0.3 is 6.03 Å². The molecule has 34 heavy (non-hydrogen) atoms. The van der Waals surface area contributed by atoms with Gasteiger partial charge in [-0.05, 0) is 55.4 Å². The molecule has 3 heterocycles. The third-order valence-electron chi connectivity index (χ3n) is 6.83. The molecule has 3 aromatic rings. The number of carbonyl (C=O) groups is 1. The molecule has 0 radical (unpaired) electrons. The number of aromatic nitrogens is 1. The first-order valence-corrected chi connectivity index (χ1v) is 12.9. The first-order chi connectivity index (χ1) is 16.4. The van der Waals surface area contributed by atoms with Crippen LogP contribution in [0.25, 0.3) is 5.00 Å². The van der Waals surface area contributed by atoms with Gasteiger partial charge in [0, 0.05) is 28.4 Å². The van der Waals surface area contributed by atoms with Crippen molar-refractivity contribution in [3.8, 4) is 16.5 Å². The van der Waals surface area contributed by atoms with E-state index in [9.17, 15) is 4.79 Å². The number of rotatable bonds is 4. The number of nitrogens with zero attached hydrogens (tertiary/aromatic N) is 2. The lowest BCUT2D eigenvalue weighted by Crippen LogP contribution is -2.39. The first kappa shape index (κ1) is 23.1. The van der Waals surface area contributed by atoms with Gasteiger partial charge < -0.3 is 24.3 Å². The van der Waals surface area contributed by atoms with Crippen LogP contribution < -0.4 is 14.8 Å². The maximum Gasteiger partial charge on any atom is 0.322 e. The summed E-state index contributed by atoms with van der Waals surface area (Å²) in [7, 11) is 3.12. The van der Waals surface area contributed by atoms with Gasteiger partial charge in [-0.2, -0.15) is 0 Å². The highest BCUT2D eigenvalue weighted by Crippen LogP contribution is 2.44. The minimum absolute atomic E-state index is 0.0754. The van der Waals surface area contributed by atoms with Crippen molar-refractivity contribution in [3.05, 3.63) is 57.2 Å². The summed E-state index contributed by atoms with van der Waals surface area (Å²) in [5, 5.41) is 4.75. The molecule has 2 aliphatic rings. The van der Waals surface area contributed by atoms with Crippen LogP contribution >= 0.6 is 22.9 Å². The Morgan fingerprint density at radius 2 is 1.91 bits per heavy atom. The number of aryl methyl sites for hydroxylation is 1. The molecular weight excluding hydrogens is 470 g/mol. The Morgan fingerprint density at radius 1 is 1.15 bits per heavy atom. The number of hydrogen-bond donors (Lipinski definition) is 1. The van der Waals surface area contributed by atoms with E-state index < -0.39 is 0 Å². The van der Waals surface area contributed by atoms with Gasteiger partial charge in [0.2, 0.25) is 0 Å². The molecule has 2 aromatic heterocycles. The smallest absolute Gasteiger partial charge is 0.322 e. The highest BCUT2D eigenvalue weighted by molar-refractivity contribution is 7.15. The Morgan fingerprint density at radius 3 is 2.65 bits per heavy atom. The van der Waals surface area contributed by atoms with Gasteiger partial charge in [-0.1, -0.05) is 25.4 Å². The van der Waals surface area contributed by atoms with Crippen LogP contribution in [0.1, 0.15) is 54.4 Å². The Labute approximate surface area is 209 Å². The molecule has 8 heteroatoms. The van der Waals surface area contributed by atoms with E-state index in [0.29, 0.717) is 28.8 Å². The summed E-state index contributed by atoms with van der Waals surface area (Å²) in [6.07, 6.45) is 6.80. The highest BCUT2D eigenvalue weighted by Gasteiger charge is 2.36. The third-order valence-corrected chi connectivity index (χ3v) is 8.46. The second kappa shape index (κ2) is 9.19. The van der Waals surface area contributed by atoms with Gasteiger partial charge in [-0.25, -0.2) is 4.79 Å². The summed E-state index contributed by atoms with van der Waals surface area (Å²) in [6, 6.07) is 7.35. The number of nitrogens with one attached hydrogen (secondary N) is 1. The van der Waals surface area contributed by atoms with Crippen LogP contribution in [0, 0.1) is 5.92 Å². The summed E-state index contributed by atoms with van der Waals surface area (Å²) in [6.45, 7) is 4.91. The summed E-state index contributed by atoms with van der Waals surface area (Å²) < 4.78 is 13.1. The number of ether oxygens (including phenoxy) is 2. The summed E-state index contributed by atoms with van der Waals surface area (Å²) >= 11 is 8.26. The Balaban J connectivity index is 1.57. The molecule has 180 valence electrons. The maximum absolute atomic E-state index is 13.9. The van der Waals surface area contributed by atoms with Crippen molar-refractivity contribution in [2.45, 2.75) is 52.1 Å². The van der Waals surface area contributed by atoms with Crippen molar-refractivity contribution in [2.75, 3.05) is 19.5 Å². The SMILES string of the molecule is COc1cc(OC)c(NC(=O)N2Cc3c(sc4c3CCCC4)-n3cccc3C2C(C)C)cc1Cl. The minimum Gasteiger partial charge on any atom is -0.495 e. The van der Waals surface area contributed by atoms with E-state index in [-0.39, 0.29) is 18.0 Å². The molecule has 1 aliphatic carbocycles. The molecule has 1 N–H and O–H groups in total. The number of amides is 2. The first-order valence-electron chi connectivity index (χ1n) is 11.7. The molecule has 2 amide bonds. The Hall–Kier alpha value is -2.64.